The van der Waals surface area contributed by atoms with Gasteiger partial charge in [-0.1, -0.05) is 48.0 Å². The Hall–Kier alpha value is -3.72. The average Bonchev–Trinajstić information content (AvgIpc) is 3.48. The summed E-state index contributed by atoms with van der Waals surface area (Å²) in [6.07, 6.45) is 5.17. The molecule has 2 atom stereocenters. The molecule has 8 nitrogen and oxygen atoms in total. The number of ether oxygens (including phenoxy) is 1. The van der Waals surface area contributed by atoms with Gasteiger partial charge in [-0.25, -0.2) is 0 Å². The van der Waals surface area contributed by atoms with Crippen molar-refractivity contribution in [2.45, 2.75) is 63.8 Å². The molecule has 2 aliphatic rings. The number of halogens is 1. The molecule has 1 amide bonds. The number of carbonyl (C=O) groups is 2. The molecule has 2 fully saturated rings. The van der Waals surface area contributed by atoms with Gasteiger partial charge in [0, 0.05) is 23.5 Å². The number of aliphatic hydroxyl groups is 1. The number of hydrogen-bond donors (Lipinski definition) is 2. The third-order valence-corrected chi connectivity index (χ3v) is 8.53. The van der Waals surface area contributed by atoms with Gasteiger partial charge < -0.3 is 20.1 Å². The molecule has 1 aromatic heterocycles. The van der Waals surface area contributed by atoms with Crippen LogP contribution in [0.5, 0.6) is 5.75 Å². The summed E-state index contributed by atoms with van der Waals surface area (Å²) in [4.78, 5) is 28.6. The van der Waals surface area contributed by atoms with Crippen LogP contribution in [0.25, 0.3) is 22.0 Å². The van der Waals surface area contributed by atoms with Crippen molar-refractivity contribution >= 4 is 34.2 Å². The molecule has 1 aliphatic heterocycles. The number of benzene rings is 3. The summed E-state index contributed by atoms with van der Waals surface area (Å²) in [7, 11) is 0. The molecule has 2 N–H and O–H groups in total. The van der Waals surface area contributed by atoms with E-state index in [1.165, 1.54) is 0 Å². The first-order valence-electron chi connectivity index (χ1n) is 15.1. The number of nitrogens with one attached hydrogen (secondary N) is 1. The highest BCUT2D eigenvalue weighted by atomic mass is 35.5. The van der Waals surface area contributed by atoms with Crippen LogP contribution in [-0.4, -0.2) is 63.3 Å². The number of nitrogens with zero attached hydrogens (tertiary/aromatic N) is 3. The van der Waals surface area contributed by atoms with Gasteiger partial charge in [0.2, 0.25) is 5.78 Å². The number of fused-ring (bicyclic) bond motifs is 1. The van der Waals surface area contributed by atoms with Crippen molar-refractivity contribution in [2.75, 3.05) is 19.6 Å². The van der Waals surface area contributed by atoms with Crippen molar-refractivity contribution in [2.24, 2.45) is 0 Å². The predicted molar refractivity (Wildman–Crippen MR) is 168 cm³/mol. The molecule has 6 rings (SSSR count). The zero-order valence-corrected chi connectivity index (χ0v) is 25.3. The maximum absolute atomic E-state index is 13.2. The molecular weight excluding hydrogens is 564 g/mol. The lowest BCUT2D eigenvalue weighted by Gasteiger charge is -2.28. The summed E-state index contributed by atoms with van der Waals surface area (Å²) < 4.78 is 7.82. The molecule has 1 saturated carbocycles. The minimum absolute atomic E-state index is 0.203. The molecule has 43 heavy (non-hydrogen) atoms. The smallest absolute Gasteiger partial charge is 0.292 e. The van der Waals surface area contributed by atoms with Crippen LogP contribution < -0.4 is 10.1 Å². The van der Waals surface area contributed by atoms with Crippen molar-refractivity contribution in [1.29, 1.82) is 0 Å². The Bertz CT molecular complexity index is 1620. The van der Waals surface area contributed by atoms with E-state index < -0.39 is 23.8 Å². The quantitative estimate of drug-likeness (QED) is 0.162. The van der Waals surface area contributed by atoms with Crippen LogP contribution in [0.1, 0.15) is 67.6 Å². The number of aromatic nitrogens is 2. The second kappa shape index (κ2) is 12.5. The molecular formula is C34H37ClN4O4. The third-order valence-electron chi connectivity index (χ3n) is 8.24. The lowest BCUT2D eigenvalue weighted by Crippen LogP contribution is -2.48. The van der Waals surface area contributed by atoms with Gasteiger partial charge in [-0.2, -0.15) is 5.10 Å². The van der Waals surface area contributed by atoms with Gasteiger partial charge in [-0.05, 0) is 93.6 Å². The van der Waals surface area contributed by atoms with Gasteiger partial charge in [-0.3, -0.25) is 14.3 Å². The van der Waals surface area contributed by atoms with Crippen LogP contribution in [-0.2, 0) is 4.79 Å². The molecule has 224 valence electrons. The van der Waals surface area contributed by atoms with Gasteiger partial charge in [0.15, 0.2) is 0 Å². The summed E-state index contributed by atoms with van der Waals surface area (Å²) >= 11 is 6.46. The number of Topliss-reactive ketones (excluding diaryl/α,β-unsaturated/α-hetero) is 1. The molecule has 1 saturated heterocycles. The highest BCUT2D eigenvalue weighted by Gasteiger charge is 2.30. The number of amides is 1. The van der Waals surface area contributed by atoms with Crippen molar-refractivity contribution < 1.29 is 19.4 Å². The van der Waals surface area contributed by atoms with Crippen molar-refractivity contribution in [3.63, 3.8) is 0 Å². The zero-order chi connectivity index (χ0) is 30.1. The van der Waals surface area contributed by atoms with Crippen LogP contribution in [0.4, 0.5) is 0 Å². The van der Waals surface area contributed by atoms with Gasteiger partial charge in [-0.15, -0.1) is 0 Å². The van der Waals surface area contributed by atoms with E-state index in [2.05, 4.69) is 41.3 Å². The topological polar surface area (TPSA) is 96.7 Å². The average molecular weight is 601 g/mol. The van der Waals surface area contributed by atoms with Crippen LogP contribution >= 0.6 is 11.6 Å². The Morgan fingerprint density at radius 2 is 1.74 bits per heavy atom. The first kappa shape index (κ1) is 29.4. The Labute approximate surface area is 256 Å². The molecule has 0 bridgehead atoms. The summed E-state index contributed by atoms with van der Waals surface area (Å²) in [5, 5.41) is 20.1. The largest absolute Gasteiger partial charge is 0.489 e. The fourth-order valence-corrected chi connectivity index (χ4v) is 5.92. The highest BCUT2D eigenvalue weighted by molar-refractivity contribution is 6.42. The van der Waals surface area contributed by atoms with Crippen LogP contribution in [0.2, 0.25) is 5.02 Å². The van der Waals surface area contributed by atoms with Crippen molar-refractivity contribution in [3.8, 4) is 16.9 Å². The zero-order valence-electron chi connectivity index (χ0n) is 24.5. The van der Waals surface area contributed by atoms with E-state index in [4.69, 9.17) is 16.3 Å². The van der Waals surface area contributed by atoms with E-state index in [1.807, 2.05) is 29.1 Å². The van der Waals surface area contributed by atoms with E-state index in [9.17, 15) is 14.7 Å². The van der Waals surface area contributed by atoms with E-state index in [1.54, 1.807) is 30.3 Å². The minimum atomic E-state index is -1.05. The van der Waals surface area contributed by atoms with E-state index >= 15 is 0 Å². The minimum Gasteiger partial charge on any atom is -0.489 e. The standard InChI is InChI=1S/C34H37ClN4O4/c1-21(2)39-30-13-9-24(17-26(30)19-36-39)22-5-7-23(8-6-22)33(41)34(42)37-29(20-38-15-3-4-16-38)32(40)25-10-14-31(28(35)18-25)43-27-11-12-27/h5-10,13-14,17-19,21,27,29,32,40H,3-4,11-12,15-16,20H2,1-2H3,(H,37,42). The van der Waals surface area contributed by atoms with Gasteiger partial charge in [0.05, 0.1) is 28.9 Å². The van der Waals surface area contributed by atoms with E-state index in [0.717, 1.165) is 60.8 Å². The molecule has 0 spiro atoms. The SMILES string of the molecule is CC(C)n1ncc2cc(-c3ccc(C(=O)C(=O)NC(CN4CCCC4)C(O)c4ccc(OC5CC5)c(Cl)c4)cc3)ccc21. The van der Waals surface area contributed by atoms with Gasteiger partial charge in [0.1, 0.15) is 11.9 Å². The molecule has 4 aromatic rings. The predicted octanol–water partition coefficient (Wildman–Crippen LogP) is 5.98. The maximum atomic E-state index is 13.2. The summed E-state index contributed by atoms with van der Waals surface area (Å²) in [6.45, 7) is 6.38. The number of rotatable bonds is 11. The van der Waals surface area contributed by atoms with Crippen LogP contribution in [0.15, 0.2) is 66.9 Å². The second-order valence-electron chi connectivity index (χ2n) is 11.9. The van der Waals surface area contributed by atoms with Crippen molar-refractivity contribution in [3.05, 3.63) is 83.0 Å². The monoisotopic (exact) mass is 600 g/mol. The molecule has 1 aliphatic carbocycles. The fourth-order valence-electron chi connectivity index (χ4n) is 5.69. The summed E-state index contributed by atoms with van der Waals surface area (Å²) in [5.74, 6) is -0.812. The van der Waals surface area contributed by atoms with Gasteiger partial charge in [0.25, 0.3) is 5.91 Å². The Balaban J connectivity index is 1.16. The van der Waals surface area contributed by atoms with E-state index in [0.29, 0.717) is 22.9 Å². The molecule has 0 radical (unpaired) electrons. The number of aliphatic hydroxyl groups excluding tert-OH is 1. The summed E-state index contributed by atoms with van der Waals surface area (Å²) in [6, 6.07) is 18.0. The number of likely N-dealkylation sites (tertiary alicyclic amines) is 1. The molecule has 2 unspecified atom stereocenters. The van der Waals surface area contributed by atoms with Crippen LogP contribution in [0, 0.1) is 0 Å². The molecule has 9 heteroatoms. The number of carbonyl (C=O) groups excluding carboxylic acids is 2. The highest BCUT2D eigenvalue weighted by Crippen LogP contribution is 2.34. The second-order valence-corrected chi connectivity index (χ2v) is 12.3. The van der Waals surface area contributed by atoms with Crippen LogP contribution in [0.3, 0.4) is 0 Å². The normalized spacial score (nSPS) is 16.9. The van der Waals surface area contributed by atoms with E-state index in [-0.39, 0.29) is 17.7 Å². The first-order chi connectivity index (χ1) is 20.8. The molecule has 3 aromatic carbocycles. The number of ketones is 1. The lowest BCUT2D eigenvalue weighted by molar-refractivity contribution is -0.118. The first-order valence-corrected chi connectivity index (χ1v) is 15.4. The Kier molecular flexibility index (Phi) is 8.52. The van der Waals surface area contributed by atoms with Crippen molar-refractivity contribution in [1.82, 2.24) is 20.0 Å². The van der Waals surface area contributed by atoms with Gasteiger partial charge >= 0.3 is 0 Å². The Morgan fingerprint density at radius 1 is 1.02 bits per heavy atom. The molecule has 2 heterocycles. The third kappa shape index (κ3) is 6.61. The fraction of sp³-hybridized carbons (Fsp3) is 0.382. The maximum Gasteiger partial charge on any atom is 0.292 e. The number of hydrogen-bond acceptors (Lipinski definition) is 6. The Morgan fingerprint density at radius 3 is 2.42 bits per heavy atom. The summed E-state index contributed by atoms with van der Waals surface area (Å²) in [5.41, 5.74) is 3.85. The lowest BCUT2D eigenvalue weighted by atomic mass is 9.99.